The summed E-state index contributed by atoms with van der Waals surface area (Å²) in [6.45, 7) is 0. The van der Waals surface area contributed by atoms with Gasteiger partial charge in [-0.2, -0.15) is 5.01 Å². The molecule has 4 aromatic carbocycles. The molecule has 170 valence electrons. The van der Waals surface area contributed by atoms with Crippen LogP contribution in [0.3, 0.4) is 0 Å². The number of carbonyl (C=O) groups is 3. The van der Waals surface area contributed by atoms with E-state index in [0.717, 1.165) is 43.6 Å². The molecule has 2 bridgehead atoms. The number of nitrogens with zero attached hydrogens (tertiary/aromatic N) is 1. The van der Waals surface area contributed by atoms with Crippen LogP contribution in [-0.2, 0) is 20.8 Å². The quantitative estimate of drug-likeness (QED) is 0.466. The summed E-state index contributed by atoms with van der Waals surface area (Å²) in [5.41, 5.74) is 7.98. The molecule has 1 aliphatic heterocycles. The molecule has 0 aromatic heterocycles. The van der Waals surface area contributed by atoms with Crippen molar-refractivity contribution in [2.45, 2.75) is 18.3 Å². The Morgan fingerprint density at radius 2 is 1.14 bits per heavy atom. The zero-order valence-electron chi connectivity index (χ0n) is 18.8. The molecule has 1 N–H and O–H groups in total. The van der Waals surface area contributed by atoms with Crippen LogP contribution in [-0.4, -0.2) is 22.7 Å². The molecule has 8 rings (SSSR count). The van der Waals surface area contributed by atoms with Crippen LogP contribution in [0.5, 0.6) is 0 Å². The lowest BCUT2D eigenvalue weighted by Crippen LogP contribution is -2.47. The van der Waals surface area contributed by atoms with Crippen molar-refractivity contribution < 1.29 is 14.4 Å². The van der Waals surface area contributed by atoms with Crippen LogP contribution >= 0.6 is 0 Å². The summed E-state index contributed by atoms with van der Waals surface area (Å²) in [6, 6.07) is 29.9. The lowest BCUT2D eigenvalue weighted by atomic mass is 9.55. The van der Waals surface area contributed by atoms with Crippen molar-refractivity contribution in [1.82, 2.24) is 10.4 Å². The van der Waals surface area contributed by atoms with Crippen LogP contribution < -0.4 is 5.43 Å². The largest absolute Gasteiger partial charge is 0.273 e. The predicted molar refractivity (Wildman–Crippen MR) is 131 cm³/mol. The monoisotopic (exact) mass is 458 g/mol. The average molecular weight is 459 g/mol. The van der Waals surface area contributed by atoms with E-state index < -0.39 is 11.8 Å². The Bertz CT molecular complexity index is 1440. The SMILES string of the molecule is O=C(Cc1cccc2ccccc12)NN1C(=O)[C@H]2C3c4ccccc4C(c4ccccc43)[C@@H]2C1=O. The van der Waals surface area contributed by atoms with Gasteiger partial charge in [0.25, 0.3) is 11.8 Å². The first-order valence-electron chi connectivity index (χ1n) is 11.9. The molecule has 0 radical (unpaired) electrons. The topological polar surface area (TPSA) is 66.5 Å². The van der Waals surface area contributed by atoms with Gasteiger partial charge in [0.2, 0.25) is 5.91 Å². The Morgan fingerprint density at radius 3 is 1.71 bits per heavy atom. The highest BCUT2D eigenvalue weighted by Gasteiger charge is 2.62. The summed E-state index contributed by atoms with van der Waals surface area (Å²) in [4.78, 5) is 40.4. The van der Waals surface area contributed by atoms with Gasteiger partial charge < -0.3 is 0 Å². The first-order chi connectivity index (χ1) is 17.1. The number of nitrogens with one attached hydrogen (secondary N) is 1. The van der Waals surface area contributed by atoms with Crippen molar-refractivity contribution >= 4 is 28.5 Å². The summed E-state index contributed by atoms with van der Waals surface area (Å²) < 4.78 is 0. The van der Waals surface area contributed by atoms with Gasteiger partial charge in [0.15, 0.2) is 0 Å². The van der Waals surface area contributed by atoms with Gasteiger partial charge in [-0.3, -0.25) is 19.8 Å². The summed E-state index contributed by atoms with van der Waals surface area (Å²) in [6.07, 6.45) is 0.0844. The maximum Gasteiger partial charge on any atom is 0.253 e. The third-order valence-electron chi connectivity index (χ3n) is 7.92. The van der Waals surface area contributed by atoms with E-state index >= 15 is 0 Å². The Kier molecular flexibility index (Phi) is 4.25. The van der Waals surface area contributed by atoms with E-state index in [1.54, 1.807) is 0 Å². The van der Waals surface area contributed by atoms with E-state index in [2.05, 4.69) is 29.7 Å². The smallest absolute Gasteiger partial charge is 0.253 e. The Labute approximate surface area is 202 Å². The highest BCUT2D eigenvalue weighted by molar-refractivity contribution is 6.08. The zero-order valence-corrected chi connectivity index (χ0v) is 18.8. The fraction of sp³-hybridized carbons (Fsp3) is 0.167. The number of amides is 3. The molecule has 0 saturated carbocycles. The molecule has 3 aliphatic carbocycles. The minimum Gasteiger partial charge on any atom is -0.273 e. The first-order valence-corrected chi connectivity index (χ1v) is 11.9. The molecule has 1 heterocycles. The number of imide groups is 1. The first kappa shape index (κ1) is 20.2. The molecule has 1 fully saturated rings. The van der Waals surface area contributed by atoms with Gasteiger partial charge in [-0.15, -0.1) is 0 Å². The van der Waals surface area contributed by atoms with Crippen LogP contribution in [0.15, 0.2) is 91.0 Å². The van der Waals surface area contributed by atoms with Crippen LogP contribution in [0.2, 0.25) is 0 Å². The van der Waals surface area contributed by atoms with E-state index in [0.29, 0.717) is 0 Å². The van der Waals surface area contributed by atoms with Crippen molar-refractivity contribution in [3.8, 4) is 0 Å². The van der Waals surface area contributed by atoms with Crippen molar-refractivity contribution in [3.05, 3.63) is 119 Å². The molecule has 5 nitrogen and oxygen atoms in total. The van der Waals surface area contributed by atoms with E-state index in [1.807, 2.05) is 66.7 Å². The summed E-state index contributed by atoms with van der Waals surface area (Å²) in [5.74, 6) is -2.38. The van der Waals surface area contributed by atoms with Gasteiger partial charge in [-0.1, -0.05) is 91.0 Å². The Hall–Kier alpha value is -4.25. The molecule has 1 saturated heterocycles. The van der Waals surface area contributed by atoms with E-state index in [9.17, 15) is 14.4 Å². The van der Waals surface area contributed by atoms with Crippen LogP contribution in [0, 0.1) is 11.8 Å². The van der Waals surface area contributed by atoms with Gasteiger partial charge in [0, 0.05) is 11.8 Å². The third-order valence-corrected chi connectivity index (χ3v) is 7.92. The second kappa shape index (κ2) is 7.37. The number of carbonyl (C=O) groups excluding carboxylic acids is 3. The summed E-state index contributed by atoms with van der Waals surface area (Å²) in [5, 5.41) is 3.03. The molecule has 0 spiro atoms. The fourth-order valence-corrected chi connectivity index (χ4v) is 6.57. The maximum atomic E-state index is 13.7. The highest BCUT2D eigenvalue weighted by atomic mass is 16.2. The molecule has 5 heteroatoms. The molecular weight excluding hydrogens is 436 g/mol. The van der Waals surface area contributed by atoms with E-state index in [1.165, 1.54) is 0 Å². The standard InChI is InChI=1S/C30H22N2O3/c33-24(16-18-10-7-9-17-8-1-2-11-19(17)18)31-32-29(34)27-25-20-12-3-4-13-21(20)26(28(27)30(32)35)23-15-6-5-14-22(23)25/h1-15,25-28H,16H2,(H,31,33)/t25?,26?,27-,28-/m0/s1. The average Bonchev–Trinajstić information content (AvgIpc) is 3.14. The molecule has 3 amide bonds. The Balaban J connectivity index is 1.22. The number of hydrazine groups is 1. The summed E-state index contributed by atoms with van der Waals surface area (Å²) in [7, 11) is 0. The van der Waals surface area contributed by atoms with Crippen LogP contribution in [0.1, 0.15) is 39.7 Å². The van der Waals surface area contributed by atoms with Gasteiger partial charge in [0.05, 0.1) is 18.3 Å². The lowest BCUT2D eigenvalue weighted by molar-refractivity contribution is -0.149. The number of rotatable bonds is 3. The molecule has 4 aliphatic rings. The Morgan fingerprint density at radius 1 is 0.657 bits per heavy atom. The predicted octanol–water partition coefficient (Wildman–Crippen LogP) is 4.31. The number of hydrogen-bond acceptors (Lipinski definition) is 3. The number of benzene rings is 4. The van der Waals surface area contributed by atoms with Crippen molar-refractivity contribution in [3.63, 3.8) is 0 Å². The van der Waals surface area contributed by atoms with E-state index in [-0.39, 0.29) is 36.0 Å². The second-order valence-electron chi connectivity index (χ2n) is 9.63. The van der Waals surface area contributed by atoms with Gasteiger partial charge in [0.1, 0.15) is 0 Å². The van der Waals surface area contributed by atoms with Gasteiger partial charge in [-0.05, 0) is 38.6 Å². The zero-order chi connectivity index (χ0) is 23.7. The summed E-state index contributed by atoms with van der Waals surface area (Å²) >= 11 is 0. The van der Waals surface area contributed by atoms with Gasteiger partial charge >= 0.3 is 0 Å². The van der Waals surface area contributed by atoms with Crippen molar-refractivity contribution in [2.75, 3.05) is 0 Å². The van der Waals surface area contributed by atoms with Crippen LogP contribution in [0.4, 0.5) is 0 Å². The highest BCUT2D eigenvalue weighted by Crippen LogP contribution is 2.60. The second-order valence-corrected chi connectivity index (χ2v) is 9.63. The number of fused-ring (bicyclic) bond motifs is 1. The van der Waals surface area contributed by atoms with Gasteiger partial charge in [-0.25, -0.2) is 0 Å². The third kappa shape index (κ3) is 2.78. The fourth-order valence-electron chi connectivity index (χ4n) is 6.57. The van der Waals surface area contributed by atoms with Crippen LogP contribution in [0.25, 0.3) is 10.8 Å². The molecule has 4 aromatic rings. The maximum absolute atomic E-state index is 13.7. The molecule has 2 atom stereocenters. The minimum atomic E-state index is -0.504. The van der Waals surface area contributed by atoms with E-state index in [4.69, 9.17) is 0 Å². The van der Waals surface area contributed by atoms with Crippen molar-refractivity contribution in [1.29, 1.82) is 0 Å². The molecule has 35 heavy (non-hydrogen) atoms. The minimum absolute atomic E-state index is 0.0844. The molecule has 0 unspecified atom stereocenters. The number of hydrogen-bond donors (Lipinski definition) is 1. The lowest BCUT2D eigenvalue weighted by Gasteiger charge is -2.45. The van der Waals surface area contributed by atoms with Crippen molar-refractivity contribution in [2.24, 2.45) is 11.8 Å². The molecular formula is C30H22N2O3. The normalized spacial score (nSPS) is 23.7.